The van der Waals surface area contributed by atoms with Gasteiger partial charge in [0.05, 0.1) is 10.9 Å². The van der Waals surface area contributed by atoms with E-state index in [2.05, 4.69) is 4.72 Å². The Kier molecular flexibility index (Phi) is 4.85. The van der Waals surface area contributed by atoms with Gasteiger partial charge in [-0.05, 0) is 25.0 Å². The third-order valence-corrected chi connectivity index (χ3v) is 5.26. The van der Waals surface area contributed by atoms with Gasteiger partial charge in [-0.25, -0.2) is 8.42 Å². The molecule has 0 heterocycles. The molecule has 1 aromatic rings. The highest BCUT2D eigenvalue weighted by atomic mass is 32.2. The molecule has 1 aliphatic carbocycles. The Morgan fingerprint density at radius 2 is 2.05 bits per heavy atom. The number of nitrogens with zero attached hydrogens (tertiary/aromatic N) is 1. The molecule has 0 aliphatic heterocycles. The lowest BCUT2D eigenvalue weighted by Gasteiger charge is -2.22. The van der Waals surface area contributed by atoms with Crippen molar-refractivity contribution in [2.24, 2.45) is 0 Å². The molecule has 0 aromatic heterocycles. The van der Waals surface area contributed by atoms with Crippen molar-refractivity contribution >= 4 is 15.7 Å². The van der Waals surface area contributed by atoms with Crippen molar-refractivity contribution in [2.75, 3.05) is 11.3 Å². The maximum absolute atomic E-state index is 12.3. The van der Waals surface area contributed by atoms with E-state index in [1.54, 1.807) is 24.3 Å². The zero-order chi connectivity index (χ0) is 14.4. The van der Waals surface area contributed by atoms with Gasteiger partial charge in [0, 0.05) is 6.07 Å². The highest BCUT2D eigenvalue weighted by Gasteiger charge is 2.27. The minimum absolute atomic E-state index is 0.0567. The van der Waals surface area contributed by atoms with Gasteiger partial charge in [0.25, 0.3) is 0 Å². The summed E-state index contributed by atoms with van der Waals surface area (Å²) >= 11 is 0. The van der Waals surface area contributed by atoms with Crippen LogP contribution in [0.5, 0.6) is 5.75 Å². The lowest BCUT2D eigenvalue weighted by Crippen LogP contribution is -2.29. The first-order valence-electron chi connectivity index (χ1n) is 6.73. The molecule has 0 atom stereocenters. The van der Waals surface area contributed by atoms with Gasteiger partial charge in [0.1, 0.15) is 11.8 Å². The van der Waals surface area contributed by atoms with Crippen LogP contribution in [0.3, 0.4) is 0 Å². The average Bonchev–Trinajstić information content (AvgIpc) is 2.46. The average molecular weight is 294 g/mol. The van der Waals surface area contributed by atoms with E-state index in [-0.39, 0.29) is 11.9 Å². The highest BCUT2D eigenvalue weighted by Crippen LogP contribution is 2.26. The summed E-state index contributed by atoms with van der Waals surface area (Å²) in [7, 11) is -3.34. The molecule has 108 valence electrons. The monoisotopic (exact) mass is 294 g/mol. The topological polar surface area (TPSA) is 79.2 Å². The fraction of sp³-hybridized carbons (Fsp3) is 0.500. The second-order valence-electron chi connectivity index (χ2n) is 4.88. The maximum atomic E-state index is 12.3. The van der Waals surface area contributed by atoms with Crippen LogP contribution in [0.1, 0.15) is 32.1 Å². The molecule has 20 heavy (non-hydrogen) atoms. The molecule has 2 rings (SSSR count). The van der Waals surface area contributed by atoms with Crippen LogP contribution in [0.15, 0.2) is 24.3 Å². The Labute approximate surface area is 119 Å². The molecule has 0 spiro atoms. The summed E-state index contributed by atoms with van der Waals surface area (Å²) in [5.41, 5.74) is 0.478. The van der Waals surface area contributed by atoms with Crippen molar-refractivity contribution < 1.29 is 13.2 Å². The number of sulfonamides is 1. The van der Waals surface area contributed by atoms with Gasteiger partial charge in [0.15, 0.2) is 6.61 Å². The first-order chi connectivity index (χ1) is 9.62. The molecule has 5 nitrogen and oxygen atoms in total. The number of rotatable bonds is 5. The van der Waals surface area contributed by atoms with E-state index in [1.165, 1.54) is 0 Å². The molecule has 6 heteroatoms. The summed E-state index contributed by atoms with van der Waals surface area (Å²) in [6, 6.07) is 8.54. The van der Waals surface area contributed by atoms with E-state index >= 15 is 0 Å². The largest absolute Gasteiger partial charge is 0.479 e. The van der Waals surface area contributed by atoms with E-state index in [0.717, 1.165) is 32.1 Å². The van der Waals surface area contributed by atoms with Gasteiger partial charge in [-0.3, -0.25) is 4.72 Å². The number of anilines is 1. The summed E-state index contributed by atoms with van der Waals surface area (Å²) < 4.78 is 32.3. The number of ether oxygens (including phenoxy) is 1. The third kappa shape index (κ3) is 3.87. The van der Waals surface area contributed by atoms with Gasteiger partial charge in [-0.15, -0.1) is 0 Å². The van der Waals surface area contributed by atoms with Crippen molar-refractivity contribution in [2.45, 2.75) is 37.4 Å². The highest BCUT2D eigenvalue weighted by molar-refractivity contribution is 7.93. The van der Waals surface area contributed by atoms with Crippen LogP contribution in [-0.2, 0) is 10.0 Å². The Bertz CT molecular complexity index is 587. The molecule has 0 unspecified atom stereocenters. The predicted octanol–water partition coefficient (Wildman–Crippen LogP) is 2.66. The first-order valence-corrected chi connectivity index (χ1v) is 8.28. The number of nitriles is 1. The van der Waals surface area contributed by atoms with Crippen LogP contribution >= 0.6 is 0 Å². The number of nitrogens with one attached hydrogen (secondary N) is 1. The zero-order valence-electron chi connectivity index (χ0n) is 11.2. The molecular weight excluding hydrogens is 276 g/mol. The quantitative estimate of drug-likeness (QED) is 0.905. The van der Waals surface area contributed by atoms with Crippen LogP contribution in [0.25, 0.3) is 0 Å². The molecule has 1 saturated carbocycles. The first kappa shape index (κ1) is 14.7. The zero-order valence-corrected chi connectivity index (χ0v) is 12.0. The minimum Gasteiger partial charge on any atom is -0.479 e. The molecule has 0 bridgehead atoms. The lowest BCUT2D eigenvalue weighted by molar-refractivity contribution is 0.368. The van der Waals surface area contributed by atoms with Crippen LogP contribution in [-0.4, -0.2) is 20.3 Å². The van der Waals surface area contributed by atoms with Crippen molar-refractivity contribution in [3.63, 3.8) is 0 Å². The van der Waals surface area contributed by atoms with Crippen LogP contribution < -0.4 is 9.46 Å². The smallest absolute Gasteiger partial charge is 0.235 e. The molecule has 1 aromatic carbocycles. The molecule has 0 saturated heterocycles. The van der Waals surface area contributed by atoms with Gasteiger partial charge >= 0.3 is 0 Å². The second kappa shape index (κ2) is 6.62. The molecule has 1 N–H and O–H groups in total. The van der Waals surface area contributed by atoms with Crippen LogP contribution in [0, 0.1) is 11.3 Å². The van der Waals surface area contributed by atoms with Crippen molar-refractivity contribution in [3.8, 4) is 11.8 Å². The second-order valence-corrected chi connectivity index (χ2v) is 6.84. The summed E-state index contributed by atoms with van der Waals surface area (Å²) in [6.45, 7) is -0.0567. The van der Waals surface area contributed by atoms with Gasteiger partial charge in [0.2, 0.25) is 10.0 Å². The molecule has 0 radical (unpaired) electrons. The SMILES string of the molecule is N#CCOc1cccc(NS(=O)(=O)C2CCCCC2)c1. The summed E-state index contributed by atoms with van der Waals surface area (Å²) in [6.07, 6.45) is 4.50. The van der Waals surface area contributed by atoms with Crippen molar-refractivity contribution in [1.82, 2.24) is 0 Å². The lowest BCUT2D eigenvalue weighted by atomic mass is 10.0. The van der Waals surface area contributed by atoms with E-state index in [1.807, 2.05) is 6.07 Å². The van der Waals surface area contributed by atoms with Gasteiger partial charge < -0.3 is 4.74 Å². The number of hydrogen-bond donors (Lipinski definition) is 1. The number of benzene rings is 1. The van der Waals surface area contributed by atoms with Gasteiger partial charge in [-0.2, -0.15) is 5.26 Å². The van der Waals surface area contributed by atoms with E-state index in [4.69, 9.17) is 10.00 Å². The van der Waals surface area contributed by atoms with E-state index in [9.17, 15) is 8.42 Å². The normalized spacial score (nSPS) is 16.4. The van der Waals surface area contributed by atoms with Crippen molar-refractivity contribution in [3.05, 3.63) is 24.3 Å². The molecule has 1 aliphatic rings. The van der Waals surface area contributed by atoms with E-state index in [0.29, 0.717) is 11.4 Å². The standard InChI is InChI=1S/C14H18N2O3S/c15-9-10-19-13-6-4-5-12(11-13)16-20(17,18)14-7-2-1-3-8-14/h4-6,11,14,16H,1-3,7-8,10H2. The summed E-state index contributed by atoms with van der Waals surface area (Å²) in [4.78, 5) is 0. The molecule has 0 amide bonds. The minimum atomic E-state index is -3.34. The maximum Gasteiger partial charge on any atom is 0.235 e. The Morgan fingerprint density at radius 1 is 1.30 bits per heavy atom. The van der Waals surface area contributed by atoms with Gasteiger partial charge in [-0.1, -0.05) is 25.3 Å². The van der Waals surface area contributed by atoms with Crippen molar-refractivity contribution in [1.29, 1.82) is 5.26 Å². The Morgan fingerprint density at radius 3 is 2.75 bits per heavy atom. The van der Waals surface area contributed by atoms with E-state index < -0.39 is 10.0 Å². The third-order valence-electron chi connectivity index (χ3n) is 3.39. The fourth-order valence-electron chi connectivity index (χ4n) is 2.39. The fourth-order valence-corrected chi connectivity index (χ4v) is 3.96. The summed E-state index contributed by atoms with van der Waals surface area (Å²) in [5, 5.41) is 8.16. The summed E-state index contributed by atoms with van der Waals surface area (Å²) in [5.74, 6) is 0.482. The Hall–Kier alpha value is -1.74. The molecule has 1 fully saturated rings. The Balaban J connectivity index is 2.06. The molecular formula is C14H18N2O3S. The van der Waals surface area contributed by atoms with Crippen LogP contribution in [0.2, 0.25) is 0 Å². The predicted molar refractivity (Wildman–Crippen MR) is 77.0 cm³/mol. The van der Waals surface area contributed by atoms with Crippen LogP contribution in [0.4, 0.5) is 5.69 Å². The number of hydrogen-bond acceptors (Lipinski definition) is 4.